The van der Waals surface area contributed by atoms with Crippen molar-refractivity contribution >= 4 is 11.6 Å². The smallest absolute Gasteiger partial charge is 0.326 e. The van der Waals surface area contributed by atoms with Crippen molar-refractivity contribution < 1.29 is 18.0 Å². The number of halogens is 3. The molecule has 118 valence electrons. The molecule has 0 aliphatic heterocycles. The Balaban J connectivity index is 2.04. The van der Waals surface area contributed by atoms with Gasteiger partial charge >= 0.3 is 6.18 Å². The largest absolute Gasteiger partial charge is 0.393 e. The summed E-state index contributed by atoms with van der Waals surface area (Å²) in [6, 6.07) is 5.77. The normalized spacial score (nSPS) is 11.5. The van der Waals surface area contributed by atoms with Gasteiger partial charge in [-0.05, 0) is 31.5 Å². The van der Waals surface area contributed by atoms with Crippen LogP contribution in [0, 0.1) is 13.8 Å². The summed E-state index contributed by atoms with van der Waals surface area (Å²) in [5.74, 6) is -0.295. The topological polar surface area (TPSA) is 57.8 Å². The van der Waals surface area contributed by atoms with Crippen LogP contribution < -0.4 is 5.32 Å². The van der Waals surface area contributed by atoms with Crippen LogP contribution in [-0.4, -0.2) is 22.3 Å². The average molecular weight is 311 g/mol. The van der Waals surface area contributed by atoms with Crippen molar-refractivity contribution in [2.75, 3.05) is 5.32 Å². The molecule has 0 aliphatic rings. The number of aromatic amines is 1. The summed E-state index contributed by atoms with van der Waals surface area (Å²) in [5, 5.41) is 9.40. The van der Waals surface area contributed by atoms with Crippen LogP contribution in [0.3, 0.4) is 0 Å². The molecule has 1 amide bonds. The summed E-state index contributed by atoms with van der Waals surface area (Å²) in [4.78, 5) is 12.0. The number of aryl methyl sites for hydroxylation is 2. The molecule has 0 saturated heterocycles. The maximum atomic E-state index is 12.4. The quantitative estimate of drug-likeness (QED) is 0.910. The van der Waals surface area contributed by atoms with E-state index in [4.69, 9.17) is 0 Å². The Bertz CT molecular complexity index is 657. The highest BCUT2D eigenvalue weighted by Crippen LogP contribution is 2.23. The molecule has 0 atom stereocenters. The number of hydrogen-bond donors (Lipinski definition) is 2. The number of anilines is 1. The zero-order valence-electron chi connectivity index (χ0n) is 12.2. The first-order valence-electron chi connectivity index (χ1n) is 6.70. The average Bonchev–Trinajstić information content (AvgIpc) is 2.69. The minimum atomic E-state index is -4.27. The minimum absolute atomic E-state index is 0.112. The molecule has 0 unspecified atom stereocenters. The SMILES string of the molecule is Cc1n[nH]c(C)c1CC(=O)Nc1cccc(CC(F)(F)F)c1. The Morgan fingerprint density at radius 1 is 1.32 bits per heavy atom. The summed E-state index contributed by atoms with van der Waals surface area (Å²) in [5.41, 5.74) is 2.80. The van der Waals surface area contributed by atoms with Crippen LogP contribution in [0.25, 0.3) is 0 Å². The van der Waals surface area contributed by atoms with Crippen LogP contribution in [0.5, 0.6) is 0 Å². The second-order valence-corrected chi connectivity index (χ2v) is 5.13. The summed E-state index contributed by atoms with van der Waals surface area (Å²) < 4.78 is 37.1. The molecule has 0 spiro atoms. The fourth-order valence-electron chi connectivity index (χ4n) is 2.19. The fraction of sp³-hybridized carbons (Fsp3) is 0.333. The lowest BCUT2D eigenvalue weighted by atomic mass is 10.1. The number of nitrogens with one attached hydrogen (secondary N) is 2. The van der Waals surface area contributed by atoms with E-state index in [0.717, 1.165) is 17.0 Å². The summed E-state index contributed by atoms with van der Waals surface area (Å²) in [7, 11) is 0. The van der Waals surface area contributed by atoms with Gasteiger partial charge in [0.15, 0.2) is 0 Å². The number of H-pyrrole nitrogens is 1. The maximum Gasteiger partial charge on any atom is 0.393 e. The van der Waals surface area contributed by atoms with Gasteiger partial charge in [-0.2, -0.15) is 18.3 Å². The number of alkyl halides is 3. The molecule has 4 nitrogen and oxygen atoms in total. The van der Waals surface area contributed by atoms with E-state index in [1.54, 1.807) is 13.0 Å². The van der Waals surface area contributed by atoms with Gasteiger partial charge in [0.05, 0.1) is 18.5 Å². The van der Waals surface area contributed by atoms with Crippen molar-refractivity contribution in [3.63, 3.8) is 0 Å². The number of aromatic nitrogens is 2. The molecule has 22 heavy (non-hydrogen) atoms. The molecule has 2 N–H and O–H groups in total. The lowest BCUT2D eigenvalue weighted by Crippen LogP contribution is -2.16. The Morgan fingerprint density at radius 3 is 2.64 bits per heavy atom. The lowest BCUT2D eigenvalue weighted by Gasteiger charge is -2.09. The molecule has 0 saturated carbocycles. The van der Waals surface area contributed by atoms with Crippen LogP contribution in [0.15, 0.2) is 24.3 Å². The fourth-order valence-corrected chi connectivity index (χ4v) is 2.19. The number of rotatable bonds is 4. The van der Waals surface area contributed by atoms with Crippen molar-refractivity contribution in [3.8, 4) is 0 Å². The molecule has 0 radical (unpaired) electrons. The van der Waals surface area contributed by atoms with Crippen LogP contribution in [0.1, 0.15) is 22.5 Å². The number of carbonyl (C=O) groups is 1. The molecule has 2 aromatic rings. The Kier molecular flexibility index (Phi) is 4.54. The van der Waals surface area contributed by atoms with E-state index in [9.17, 15) is 18.0 Å². The van der Waals surface area contributed by atoms with Crippen LogP contribution >= 0.6 is 0 Å². The molecule has 1 heterocycles. The second kappa shape index (κ2) is 6.21. The van der Waals surface area contributed by atoms with Crippen LogP contribution in [0.2, 0.25) is 0 Å². The summed E-state index contributed by atoms with van der Waals surface area (Å²) >= 11 is 0. The van der Waals surface area contributed by atoms with E-state index in [1.165, 1.54) is 18.2 Å². The number of nitrogens with zero attached hydrogens (tertiary/aromatic N) is 1. The van der Waals surface area contributed by atoms with Gasteiger partial charge in [-0.15, -0.1) is 0 Å². The number of amides is 1. The predicted molar refractivity (Wildman–Crippen MR) is 76.6 cm³/mol. The Hall–Kier alpha value is -2.31. The van der Waals surface area contributed by atoms with E-state index < -0.39 is 12.6 Å². The molecule has 1 aromatic carbocycles. The third-order valence-corrected chi connectivity index (χ3v) is 3.23. The van der Waals surface area contributed by atoms with Gasteiger partial charge in [0, 0.05) is 16.9 Å². The first-order chi connectivity index (χ1) is 10.2. The van der Waals surface area contributed by atoms with Crippen LogP contribution in [-0.2, 0) is 17.6 Å². The molecule has 2 rings (SSSR count). The van der Waals surface area contributed by atoms with E-state index in [-0.39, 0.29) is 17.9 Å². The van der Waals surface area contributed by atoms with Crippen molar-refractivity contribution in [1.82, 2.24) is 10.2 Å². The number of benzene rings is 1. The zero-order valence-corrected chi connectivity index (χ0v) is 12.2. The van der Waals surface area contributed by atoms with Gasteiger partial charge in [0.1, 0.15) is 0 Å². The van der Waals surface area contributed by atoms with Gasteiger partial charge in [0.2, 0.25) is 5.91 Å². The first kappa shape index (κ1) is 16.1. The zero-order chi connectivity index (χ0) is 16.3. The molecular weight excluding hydrogens is 295 g/mol. The van der Waals surface area contributed by atoms with Crippen molar-refractivity contribution in [2.24, 2.45) is 0 Å². The summed E-state index contributed by atoms with van der Waals surface area (Å²) in [6.07, 6.45) is -5.16. The lowest BCUT2D eigenvalue weighted by molar-refractivity contribution is -0.127. The number of hydrogen-bond acceptors (Lipinski definition) is 2. The molecular formula is C15H16F3N3O. The highest BCUT2D eigenvalue weighted by molar-refractivity contribution is 5.92. The Morgan fingerprint density at radius 2 is 2.05 bits per heavy atom. The maximum absolute atomic E-state index is 12.4. The Labute approximate surface area is 125 Å². The minimum Gasteiger partial charge on any atom is -0.326 e. The molecule has 7 heteroatoms. The summed E-state index contributed by atoms with van der Waals surface area (Å²) in [6.45, 7) is 3.60. The van der Waals surface area contributed by atoms with Crippen molar-refractivity contribution in [3.05, 3.63) is 46.8 Å². The van der Waals surface area contributed by atoms with Crippen molar-refractivity contribution in [2.45, 2.75) is 32.9 Å². The molecule has 0 aliphatic carbocycles. The van der Waals surface area contributed by atoms with E-state index in [2.05, 4.69) is 15.5 Å². The van der Waals surface area contributed by atoms with Crippen LogP contribution in [0.4, 0.5) is 18.9 Å². The second-order valence-electron chi connectivity index (χ2n) is 5.13. The van der Waals surface area contributed by atoms with Gasteiger partial charge in [-0.25, -0.2) is 0 Å². The van der Waals surface area contributed by atoms with Gasteiger partial charge < -0.3 is 5.32 Å². The highest BCUT2D eigenvalue weighted by atomic mass is 19.4. The standard InChI is InChI=1S/C15H16F3N3O/c1-9-13(10(2)21-20-9)7-14(22)19-12-5-3-4-11(6-12)8-15(16,17)18/h3-6H,7-8H2,1-2H3,(H,19,22)(H,20,21). The molecule has 1 aromatic heterocycles. The first-order valence-corrected chi connectivity index (χ1v) is 6.70. The highest BCUT2D eigenvalue weighted by Gasteiger charge is 2.27. The third kappa shape index (κ3) is 4.34. The molecule has 0 bridgehead atoms. The number of carbonyl (C=O) groups excluding carboxylic acids is 1. The van der Waals surface area contributed by atoms with Crippen molar-refractivity contribution in [1.29, 1.82) is 0 Å². The van der Waals surface area contributed by atoms with E-state index in [0.29, 0.717) is 5.69 Å². The van der Waals surface area contributed by atoms with Gasteiger partial charge in [0.25, 0.3) is 0 Å². The molecule has 0 fully saturated rings. The van der Waals surface area contributed by atoms with E-state index >= 15 is 0 Å². The van der Waals surface area contributed by atoms with Gasteiger partial charge in [-0.3, -0.25) is 9.89 Å². The monoisotopic (exact) mass is 311 g/mol. The van der Waals surface area contributed by atoms with E-state index in [1.807, 2.05) is 6.92 Å². The predicted octanol–water partition coefficient (Wildman–Crippen LogP) is 3.31. The third-order valence-electron chi connectivity index (χ3n) is 3.23. The van der Waals surface area contributed by atoms with Gasteiger partial charge in [-0.1, -0.05) is 12.1 Å².